The third kappa shape index (κ3) is 9.68. The van der Waals surface area contributed by atoms with Gasteiger partial charge in [0.15, 0.2) is 0 Å². The molecule has 0 atom stereocenters. The second-order valence-electron chi connectivity index (χ2n) is 15.6. The van der Waals surface area contributed by atoms with Crippen LogP contribution in [0.4, 0.5) is 17.1 Å². The Hall–Kier alpha value is -4.71. The molecule has 5 aromatic carbocycles. The molecule has 0 bridgehead atoms. The van der Waals surface area contributed by atoms with E-state index in [9.17, 15) is 23.2 Å². The molecule has 5 aromatic rings. The Balaban J connectivity index is 1.42. The van der Waals surface area contributed by atoms with Gasteiger partial charge in [0.2, 0.25) is 0 Å². The lowest BCUT2D eigenvalue weighted by molar-refractivity contribution is 0.170. The Labute approximate surface area is 319 Å². The molecule has 0 spiro atoms. The maximum Gasteiger partial charge on any atom is 0.294 e. The van der Waals surface area contributed by atoms with Crippen LogP contribution < -0.4 is 21.3 Å². The lowest BCUT2D eigenvalue weighted by atomic mass is 9.79. The van der Waals surface area contributed by atoms with Crippen LogP contribution in [-0.2, 0) is 36.4 Å². The highest BCUT2D eigenvalue weighted by atomic mass is 32.2. The zero-order valence-electron chi connectivity index (χ0n) is 31.4. The molecular weight excluding hydrogens is 697 g/mol. The number of hydrogen-bond acceptors (Lipinski definition) is 8. The van der Waals surface area contributed by atoms with Gasteiger partial charge < -0.3 is 31.5 Å². The molecule has 0 unspecified atom stereocenters. The van der Waals surface area contributed by atoms with Crippen molar-refractivity contribution in [1.29, 1.82) is 0 Å². The predicted molar refractivity (Wildman–Crippen MR) is 217 cm³/mol. The van der Waals surface area contributed by atoms with E-state index in [4.69, 9.17) is 0 Å². The maximum atomic E-state index is 13.3. The SMILES string of the molecule is CC1(C)CC(Nc2ccc(C(c3ccc(NCc4ccccc4)c(CO)c3)c3ccc(NCc4ccccc4)c(CO)c3)c(S(=O)(=O)O)c2)CC(C)(C)N1. The van der Waals surface area contributed by atoms with Crippen molar-refractivity contribution in [2.75, 3.05) is 16.0 Å². The van der Waals surface area contributed by atoms with Gasteiger partial charge in [0.05, 0.1) is 13.2 Å². The van der Waals surface area contributed by atoms with Crippen LogP contribution in [0.25, 0.3) is 0 Å². The normalized spacial score (nSPS) is 15.6. The third-order valence-corrected chi connectivity index (χ3v) is 11.0. The zero-order chi connectivity index (χ0) is 38.5. The molecule has 1 aliphatic rings. The summed E-state index contributed by atoms with van der Waals surface area (Å²) >= 11 is 0. The minimum absolute atomic E-state index is 0.0678. The van der Waals surface area contributed by atoms with Gasteiger partial charge in [-0.25, -0.2) is 0 Å². The average molecular weight is 749 g/mol. The molecule has 284 valence electrons. The number of hydrogen-bond donors (Lipinski definition) is 7. The standard InChI is InChI=1S/C44H52N4O5S/c1-43(2)24-37(25-44(3,4)48-43)47-36-17-18-38(41(23-36)54(51,52)53)42(32-15-19-39(34(21-32)28-49)45-26-30-11-7-5-8-12-30)33-16-20-40(35(22-33)29-50)46-27-31-13-9-6-10-14-31/h5-23,37,42,45-50H,24-29H2,1-4H3,(H,51,52,53). The number of aliphatic hydroxyl groups is 2. The molecule has 1 saturated heterocycles. The van der Waals surface area contributed by atoms with Crippen LogP contribution in [0.2, 0.25) is 0 Å². The van der Waals surface area contributed by atoms with E-state index in [-0.39, 0.29) is 35.2 Å². The van der Waals surface area contributed by atoms with Gasteiger partial charge in [-0.3, -0.25) is 4.55 Å². The molecule has 7 N–H and O–H groups in total. The van der Waals surface area contributed by atoms with E-state index in [0.29, 0.717) is 46.6 Å². The summed E-state index contributed by atoms with van der Waals surface area (Å²) in [6.45, 7) is 9.25. The minimum atomic E-state index is -4.71. The number of benzene rings is 5. The van der Waals surface area contributed by atoms with Gasteiger partial charge in [-0.1, -0.05) is 91.0 Å². The number of piperidine rings is 1. The van der Waals surface area contributed by atoms with Crippen LogP contribution in [0.5, 0.6) is 0 Å². The van der Waals surface area contributed by atoms with Gasteiger partial charge in [-0.2, -0.15) is 8.42 Å². The zero-order valence-corrected chi connectivity index (χ0v) is 32.2. The molecule has 1 heterocycles. The van der Waals surface area contributed by atoms with E-state index in [2.05, 4.69) is 49.0 Å². The third-order valence-electron chi connectivity index (χ3n) is 10.1. The van der Waals surface area contributed by atoms with Gasteiger partial charge in [0, 0.05) is 64.3 Å². The lowest BCUT2D eigenvalue weighted by Crippen LogP contribution is -2.60. The highest BCUT2D eigenvalue weighted by molar-refractivity contribution is 7.85. The van der Waals surface area contributed by atoms with Crippen LogP contribution >= 0.6 is 0 Å². The van der Waals surface area contributed by atoms with Crippen molar-refractivity contribution < 1.29 is 23.2 Å². The van der Waals surface area contributed by atoms with E-state index in [1.165, 1.54) is 6.07 Å². The molecule has 54 heavy (non-hydrogen) atoms. The summed E-state index contributed by atoms with van der Waals surface area (Å²) in [6.07, 6.45) is 1.65. The molecule has 0 aromatic heterocycles. The van der Waals surface area contributed by atoms with Gasteiger partial charge in [-0.05, 0) is 92.6 Å². The summed E-state index contributed by atoms with van der Waals surface area (Å²) in [6, 6.07) is 36.5. The first-order chi connectivity index (χ1) is 25.7. The first-order valence-electron chi connectivity index (χ1n) is 18.4. The molecule has 0 radical (unpaired) electrons. The van der Waals surface area contributed by atoms with Crippen molar-refractivity contribution >= 4 is 27.2 Å². The van der Waals surface area contributed by atoms with Gasteiger partial charge in [0.1, 0.15) is 4.90 Å². The van der Waals surface area contributed by atoms with E-state index < -0.39 is 16.0 Å². The monoisotopic (exact) mass is 748 g/mol. The first-order valence-corrected chi connectivity index (χ1v) is 19.9. The number of aliphatic hydroxyl groups excluding tert-OH is 2. The van der Waals surface area contributed by atoms with E-state index >= 15 is 0 Å². The summed E-state index contributed by atoms with van der Waals surface area (Å²) < 4.78 is 37.4. The Morgan fingerprint density at radius 2 is 1.17 bits per heavy atom. The molecule has 0 saturated carbocycles. The smallest absolute Gasteiger partial charge is 0.294 e. The fourth-order valence-corrected chi connectivity index (χ4v) is 8.84. The summed E-state index contributed by atoms with van der Waals surface area (Å²) in [5.74, 6) is -0.685. The quantitative estimate of drug-likeness (QED) is 0.0444. The van der Waals surface area contributed by atoms with E-state index in [1.807, 2.05) is 103 Å². The topological polar surface area (TPSA) is 143 Å². The summed E-state index contributed by atoms with van der Waals surface area (Å²) in [4.78, 5) is -0.210. The van der Waals surface area contributed by atoms with Crippen molar-refractivity contribution in [3.63, 3.8) is 0 Å². The molecular formula is C44H52N4O5S. The first kappa shape index (κ1) is 39.0. The molecule has 1 aliphatic heterocycles. The molecule has 0 amide bonds. The van der Waals surface area contributed by atoms with Crippen LogP contribution in [0, 0.1) is 0 Å². The minimum Gasteiger partial charge on any atom is -0.392 e. The fraction of sp³-hybridized carbons (Fsp3) is 0.318. The Morgan fingerprint density at radius 1 is 0.685 bits per heavy atom. The maximum absolute atomic E-state index is 13.3. The fourth-order valence-electron chi connectivity index (χ4n) is 8.08. The Bertz CT molecular complexity index is 2050. The van der Waals surface area contributed by atoms with Crippen LogP contribution in [0.3, 0.4) is 0 Å². The molecule has 10 heteroatoms. The van der Waals surface area contributed by atoms with Crippen molar-refractivity contribution in [1.82, 2.24) is 5.32 Å². The predicted octanol–water partition coefficient (Wildman–Crippen LogP) is 8.04. The highest BCUT2D eigenvalue weighted by Crippen LogP contribution is 2.40. The van der Waals surface area contributed by atoms with E-state index in [1.54, 1.807) is 6.07 Å². The van der Waals surface area contributed by atoms with Crippen molar-refractivity contribution in [2.45, 2.75) is 94.8 Å². The Morgan fingerprint density at radius 3 is 1.61 bits per heavy atom. The average Bonchev–Trinajstić information content (AvgIpc) is 3.13. The van der Waals surface area contributed by atoms with Crippen LogP contribution in [0.15, 0.2) is 120 Å². The number of anilines is 3. The van der Waals surface area contributed by atoms with Crippen molar-refractivity contribution in [2.24, 2.45) is 0 Å². The summed E-state index contributed by atoms with van der Waals surface area (Å²) in [5, 5.41) is 35.2. The second kappa shape index (κ2) is 16.3. The Kier molecular flexibility index (Phi) is 11.8. The lowest BCUT2D eigenvalue weighted by Gasteiger charge is -2.47. The van der Waals surface area contributed by atoms with Crippen molar-refractivity contribution in [3.05, 3.63) is 154 Å². The second-order valence-corrected chi connectivity index (χ2v) is 17.0. The number of rotatable bonds is 14. The molecule has 9 nitrogen and oxygen atoms in total. The largest absolute Gasteiger partial charge is 0.392 e. The molecule has 0 aliphatic carbocycles. The van der Waals surface area contributed by atoms with Gasteiger partial charge in [0.25, 0.3) is 10.1 Å². The van der Waals surface area contributed by atoms with Gasteiger partial charge >= 0.3 is 0 Å². The number of nitrogens with one attached hydrogen (secondary N) is 4. The summed E-state index contributed by atoms with van der Waals surface area (Å²) in [7, 11) is -4.71. The van der Waals surface area contributed by atoms with E-state index in [0.717, 1.165) is 35.3 Å². The summed E-state index contributed by atoms with van der Waals surface area (Å²) in [5.41, 5.74) is 7.09. The molecule has 6 rings (SSSR count). The van der Waals surface area contributed by atoms with Gasteiger partial charge in [-0.15, -0.1) is 0 Å². The molecule has 1 fully saturated rings. The van der Waals surface area contributed by atoms with Crippen LogP contribution in [-0.4, -0.2) is 40.3 Å². The van der Waals surface area contributed by atoms with Crippen LogP contribution in [0.1, 0.15) is 85.4 Å². The van der Waals surface area contributed by atoms with Crippen molar-refractivity contribution in [3.8, 4) is 0 Å². The highest BCUT2D eigenvalue weighted by Gasteiger charge is 2.38.